The first-order chi connectivity index (χ1) is 16.0. The zero-order chi connectivity index (χ0) is 23.8. The van der Waals surface area contributed by atoms with Gasteiger partial charge < -0.3 is 25.4 Å². The fourth-order valence-corrected chi connectivity index (χ4v) is 3.67. The summed E-state index contributed by atoms with van der Waals surface area (Å²) in [7, 11) is 2.78. The normalized spacial score (nSPS) is 10.7. The van der Waals surface area contributed by atoms with Gasteiger partial charge in [-0.2, -0.15) is 9.97 Å². The van der Waals surface area contributed by atoms with Crippen LogP contribution in [-0.4, -0.2) is 69.5 Å². The number of fused-ring (bicyclic) bond motifs is 1. The summed E-state index contributed by atoms with van der Waals surface area (Å²) in [6.07, 6.45) is 0. The Labute approximate surface area is 194 Å². The van der Waals surface area contributed by atoms with E-state index in [1.54, 1.807) is 22.6 Å². The molecule has 0 spiro atoms. The van der Waals surface area contributed by atoms with Gasteiger partial charge in [-0.3, -0.25) is 4.79 Å². The number of hydrogen-bond donors (Lipinski definition) is 3. The summed E-state index contributed by atoms with van der Waals surface area (Å²) in [4.78, 5) is 33.1. The summed E-state index contributed by atoms with van der Waals surface area (Å²) in [5.41, 5.74) is 1.03. The van der Waals surface area contributed by atoms with Crippen molar-refractivity contribution in [2.45, 2.75) is 25.5 Å². The molecular weight excluding hydrogens is 448 g/mol. The molecule has 0 aliphatic rings. The Morgan fingerprint density at radius 2 is 1.88 bits per heavy atom. The summed E-state index contributed by atoms with van der Waals surface area (Å²) in [6, 6.07) is 5.06. The molecule has 3 aromatic rings. The Morgan fingerprint density at radius 3 is 2.58 bits per heavy atom. The van der Waals surface area contributed by atoms with E-state index in [-0.39, 0.29) is 18.2 Å². The maximum atomic E-state index is 12.4. The number of benzene rings is 1. The van der Waals surface area contributed by atoms with E-state index in [4.69, 9.17) is 9.47 Å². The van der Waals surface area contributed by atoms with Crippen LogP contribution < -0.4 is 20.7 Å². The van der Waals surface area contributed by atoms with E-state index in [9.17, 15) is 9.59 Å². The highest BCUT2D eigenvalue weighted by atomic mass is 32.2. The first-order valence-corrected chi connectivity index (χ1v) is 11.2. The molecule has 1 aromatic carbocycles. The van der Waals surface area contributed by atoms with Gasteiger partial charge >= 0.3 is 5.97 Å². The Kier molecular flexibility index (Phi) is 8.24. The minimum absolute atomic E-state index is 0.112. The highest BCUT2D eigenvalue weighted by Gasteiger charge is 2.17. The van der Waals surface area contributed by atoms with Crippen LogP contribution in [0.3, 0.4) is 0 Å². The van der Waals surface area contributed by atoms with Crippen LogP contribution in [0.1, 0.15) is 29.8 Å². The number of carbonyl (C=O) groups is 2. The summed E-state index contributed by atoms with van der Waals surface area (Å²) in [5, 5.41) is 17.8. The van der Waals surface area contributed by atoms with Gasteiger partial charge in [0.2, 0.25) is 17.8 Å². The van der Waals surface area contributed by atoms with E-state index >= 15 is 0 Å². The molecule has 0 unspecified atom stereocenters. The van der Waals surface area contributed by atoms with Crippen molar-refractivity contribution in [2.75, 3.05) is 43.7 Å². The number of anilines is 2. The molecule has 0 fully saturated rings. The zero-order valence-corrected chi connectivity index (χ0v) is 19.7. The lowest BCUT2D eigenvalue weighted by Gasteiger charge is -2.11. The molecule has 2 aromatic heterocycles. The number of hydrogen-bond acceptors (Lipinski definition) is 11. The zero-order valence-electron chi connectivity index (χ0n) is 18.8. The highest BCUT2D eigenvalue weighted by Crippen LogP contribution is 2.22. The van der Waals surface area contributed by atoms with Crippen LogP contribution in [0.5, 0.6) is 5.75 Å². The molecule has 3 N–H and O–H groups in total. The fraction of sp³-hybridized carbons (Fsp3) is 0.400. The van der Waals surface area contributed by atoms with Crippen molar-refractivity contribution in [3.05, 3.63) is 29.3 Å². The third kappa shape index (κ3) is 5.80. The Bertz CT molecular complexity index is 1140. The van der Waals surface area contributed by atoms with Crippen LogP contribution in [0.2, 0.25) is 0 Å². The second kappa shape index (κ2) is 11.3. The van der Waals surface area contributed by atoms with Gasteiger partial charge in [0.25, 0.3) is 5.78 Å². The lowest BCUT2D eigenvalue weighted by atomic mass is 10.1. The lowest BCUT2D eigenvalue weighted by Crippen LogP contribution is -2.25. The minimum atomic E-state index is -0.509. The third-order valence-electron chi connectivity index (χ3n) is 4.41. The molecule has 33 heavy (non-hydrogen) atoms. The molecular formula is C20H26N8O4S. The van der Waals surface area contributed by atoms with Gasteiger partial charge in [0.15, 0.2) is 5.16 Å². The second-order valence-corrected chi connectivity index (χ2v) is 7.58. The van der Waals surface area contributed by atoms with E-state index < -0.39 is 5.97 Å². The van der Waals surface area contributed by atoms with Gasteiger partial charge in [-0.05, 0) is 31.5 Å². The summed E-state index contributed by atoms with van der Waals surface area (Å²) < 4.78 is 11.6. The maximum Gasteiger partial charge on any atom is 0.341 e. The van der Waals surface area contributed by atoms with Crippen LogP contribution in [0.15, 0.2) is 23.4 Å². The van der Waals surface area contributed by atoms with E-state index in [0.29, 0.717) is 47.2 Å². The SMILES string of the molecule is CCNc1nc(NCC)n2c(SCC(=O)NCc3ccc(OC)c(C(=O)OC)c3)nnc2n1. The van der Waals surface area contributed by atoms with Gasteiger partial charge in [-0.15, -0.1) is 10.2 Å². The summed E-state index contributed by atoms with van der Waals surface area (Å²) in [5.74, 6) is 1.18. The predicted molar refractivity (Wildman–Crippen MR) is 124 cm³/mol. The fourth-order valence-electron chi connectivity index (χ4n) is 2.91. The van der Waals surface area contributed by atoms with E-state index in [0.717, 1.165) is 5.56 Å². The molecule has 0 aliphatic heterocycles. The number of carbonyl (C=O) groups excluding carboxylic acids is 2. The number of nitrogens with one attached hydrogen (secondary N) is 3. The summed E-state index contributed by atoms with van der Waals surface area (Å²) in [6.45, 7) is 5.47. The Morgan fingerprint density at radius 1 is 1.09 bits per heavy atom. The number of rotatable bonds is 11. The monoisotopic (exact) mass is 474 g/mol. The van der Waals surface area contributed by atoms with E-state index in [1.807, 2.05) is 13.8 Å². The maximum absolute atomic E-state index is 12.4. The van der Waals surface area contributed by atoms with Crippen molar-refractivity contribution in [3.8, 4) is 5.75 Å². The first kappa shape index (κ1) is 24.0. The van der Waals surface area contributed by atoms with Crippen molar-refractivity contribution < 1.29 is 19.1 Å². The number of amides is 1. The van der Waals surface area contributed by atoms with Crippen molar-refractivity contribution in [1.29, 1.82) is 0 Å². The Hall–Kier alpha value is -3.61. The average Bonchev–Trinajstić information content (AvgIpc) is 3.24. The van der Waals surface area contributed by atoms with Crippen molar-refractivity contribution in [2.24, 2.45) is 0 Å². The first-order valence-electron chi connectivity index (χ1n) is 10.3. The molecule has 3 rings (SSSR count). The third-order valence-corrected chi connectivity index (χ3v) is 5.34. The van der Waals surface area contributed by atoms with Crippen molar-refractivity contribution in [3.63, 3.8) is 0 Å². The topological polar surface area (TPSA) is 145 Å². The number of thioether (sulfide) groups is 1. The van der Waals surface area contributed by atoms with Crippen molar-refractivity contribution >= 4 is 41.3 Å². The van der Waals surface area contributed by atoms with Crippen LogP contribution in [0.25, 0.3) is 5.78 Å². The molecule has 2 heterocycles. The standard InChI is InChI=1S/C20H26N8O4S/c1-5-21-17-24-18(22-6-2)28-19(25-17)26-27-20(28)33-11-15(29)23-10-12-7-8-14(31-3)13(9-12)16(30)32-4/h7-9H,5-6,10-11H2,1-4H3,(H,23,29)(H2,21,22,24,25,26). The number of esters is 1. The molecule has 0 saturated heterocycles. The average molecular weight is 475 g/mol. The largest absolute Gasteiger partial charge is 0.496 e. The van der Waals surface area contributed by atoms with Crippen molar-refractivity contribution in [1.82, 2.24) is 29.9 Å². The molecule has 13 heteroatoms. The number of ether oxygens (including phenoxy) is 2. The molecule has 0 radical (unpaired) electrons. The van der Waals surface area contributed by atoms with Gasteiger partial charge in [0.05, 0.1) is 20.0 Å². The molecule has 12 nitrogen and oxygen atoms in total. The smallest absolute Gasteiger partial charge is 0.341 e. The van der Waals surface area contributed by atoms with Crippen LogP contribution >= 0.6 is 11.8 Å². The van der Waals surface area contributed by atoms with Gasteiger partial charge in [0, 0.05) is 19.6 Å². The second-order valence-electron chi connectivity index (χ2n) is 6.64. The molecule has 0 atom stereocenters. The molecule has 176 valence electrons. The van der Waals surface area contributed by atoms with Crippen LogP contribution in [0.4, 0.5) is 11.9 Å². The Balaban J connectivity index is 1.66. The van der Waals surface area contributed by atoms with Crippen LogP contribution in [0, 0.1) is 0 Å². The minimum Gasteiger partial charge on any atom is -0.496 e. The van der Waals surface area contributed by atoms with Gasteiger partial charge in [-0.1, -0.05) is 17.8 Å². The number of aromatic nitrogens is 5. The van der Waals surface area contributed by atoms with E-state index in [2.05, 4.69) is 36.1 Å². The van der Waals surface area contributed by atoms with E-state index in [1.165, 1.54) is 26.0 Å². The van der Waals surface area contributed by atoms with Crippen LogP contribution in [-0.2, 0) is 16.1 Å². The summed E-state index contributed by atoms with van der Waals surface area (Å²) >= 11 is 1.22. The molecule has 0 bridgehead atoms. The van der Waals surface area contributed by atoms with Gasteiger partial charge in [-0.25, -0.2) is 9.20 Å². The lowest BCUT2D eigenvalue weighted by molar-refractivity contribution is -0.118. The van der Waals surface area contributed by atoms with Gasteiger partial charge in [0.1, 0.15) is 11.3 Å². The number of nitrogens with zero attached hydrogens (tertiary/aromatic N) is 5. The molecule has 0 saturated carbocycles. The quantitative estimate of drug-likeness (QED) is 0.275. The number of methoxy groups -OCH3 is 2. The molecule has 0 aliphatic carbocycles. The molecule has 1 amide bonds. The highest BCUT2D eigenvalue weighted by molar-refractivity contribution is 7.99. The predicted octanol–water partition coefficient (Wildman–Crippen LogP) is 1.59.